The van der Waals surface area contributed by atoms with Crippen LogP contribution in [-0.4, -0.2) is 11.1 Å². The van der Waals surface area contributed by atoms with Gasteiger partial charge < -0.3 is 4.74 Å². The highest BCUT2D eigenvalue weighted by atomic mass is 32.1. The van der Waals surface area contributed by atoms with Crippen LogP contribution in [0.25, 0.3) is 0 Å². The number of unbranched alkanes of at least 4 members (excludes halogenated alkanes) is 1. The Labute approximate surface area is 112 Å². The molecule has 0 saturated carbocycles. The lowest BCUT2D eigenvalue weighted by Crippen LogP contribution is -1.91. The second-order valence-corrected chi connectivity index (χ2v) is 5.62. The Balaban J connectivity index is 1.35. The minimum absolute atomic E-state index is 0.293. The van der Waals surface area contributed by atoms with Crippen LogP contribution < -0.4 is 0 Å². The molecule has 94 valence electrons. The maximum absolute atomic E-state index is 5.66. The number of epoxide rings is 1. The number of rotatable bonds is 6. The number of hydrogen-bond donors (Lipinski definition) is 0. The Morgan fingerprint density at radius 3 is 2.83 bits per heavy atom. The van der Waals surface area contributed by atoms with Crippen LogP contribution in [0, 0.1) is 0 Å². The number of ether oxygens (including phenoxy) is 1. The Morgan fingerprint density at radius 1 is 1.17 bits per heavy atom. The first-order valence-corrected chi connectivity index (χ1v) is 7.40. The normalized spacial score (nSPS) is 22.0. The van der Waals surface area contributed by atoms with E-state index in [1.54, 1.807) is 11.3 Å². The highest BCUT2D eigenvalue weighted by Gasteiger charge is 2.41. The van der Waals surface area contributed by atoms with Crippen LogP contribution in [0.2, 0.25) is 0 Å². The van der Waals surface area contributed by atoms with Crippen molar-refractivity contribution in [2.24, 2.45) is 0 Å². The summed E-state index contributed by atoms with van der Waals surface area (Å²) < 4.78 is 5.66. The van der Waals surface area contributed by atoms with Crippen molar-refractivity contribution >= 4 is 11.3 Å². The quantitative estimate of drug-likeness (QED) is 0.579. The third-order valence-corrected chi connectivity index (χ3v) is 4.16. The minimum atomic E-state index is 0.293. The summed E-state index contributed by atoms with van der Waals surface area (Å²) in [6.45, 7) is 0. The molecule has 1 aromatic carbocycles. The van der Waals surface area contributed by atoms with Crippen molar-refractivity contribution in [3.63, 3.8) is 0 Å². The number of hydrogen-bond acceptors (Lipinski definition) is 3. The van der Waals surface area contributed by atoms with Crippen molar-refractivity contribution in [3.8, 4) is 0 Å². The largest absolute Gasteiger partial charge is 0.362 e. The van der Waals surface area contributed by atoms with Gasteiger partial charge in [-0.05, 0) is 24.8 Å². The molecule has 1 aliphatic rings. The van der Waals surface area contributed by atoms with Crippen LogP contribution in [0.3, 0.4) is 0 Å². The summed E-state index contributed by atoms with van der Waals surface area (Å²) in [5, 5.41) is 3.16. The molecule has 0 radical (unpaired) electrons. The second-order valence-electron chi connectivity index (χ2n) is 4.70. The molecule has 0 bridgehead atoms. The number of thiazole rings is 1. The van der Waals surface area contributed by atoms with Crippen LogP contribution in [-0.2, 0) is 11.2 Å². The van der Waals surface area contributed by atoms with E-state index < -0.39 is 0 Å². The number of benzene rings is 1. The van der Waals surface area contributed by atoms with Gasteiger partial charge in [-0.25, -0.2) is 4.98 Å². The molecule has 0 amide bonds. The molecule has 1 aromatic heterocycles. The van der Waals surface area contributed by atoms with Crippen LogP contribution in [0.5, 0.6) is 0 Å². The van der Waals surface area contributed by atoms with Crippen LogP contribution in [0.15, 0.2) is 41.9 Å². The van der Waals surface area contributed by atoms with Crippen molar-refractivity contribution in [2.45, 2.75) is 37.9 Å². The zero-order valence-corrected chi connectivity index (χ0v) is 11.1. The summed E-state index contributed by atoms with van der Waals surface area (Å²) in [4.78, 5) is 4.30. The second kappa shape index (κ2) is 5.63. The maximum atomic E-state index is 5.66. The summed E-state index contributed by atoms with van der Waals surface area (Å²) in [7, 11) is 0. The molecule has 0 spiro atoms. The predicted molar refractivity (Wildman–Crippen MR) is 73.7 cm³/mol. The molecule has 2 aromatic rings. The zero-order chi connectivity index (χ0) is 12.2. The van der Waals surface area contributed by atoms with Gasteiger partial charge in [-0.2, -0.15) is 0 Å². The third-order valence-electron chi connectivity index (χ3n) is 3.32. The fourth-order valence-corrected chi connectivity index (χ4v) is 3.00. The molecule has 2 nitrogen and oxygen atoms in total. The minimum Gasteiger partial charge on any atom is -0.362 e. The topological polar surface area (TPSA) is 25.4 Å². The van der Waals surface area contributed by atoms with Gasteiger partial charge in [0.2, 0.25) is 0 Å². The third kappa shape index (κ3) is 2.98. The van der Waals surface area contributed by atoms with E-state index in [1.165, 1.54) is 24.8 Å². The van der Waals surface area contributed by atoms with Gasteiger partial charge in [-0.3, -0.25) is 0 Å². The van der Waals surface area contributed by atoms with Crippen molar-refractivity contribution in [1.29, 1.82) is 0 Å². The Hall–Kier alpha value is -1.19. The summed E-state index contributed by atoms with van der Waals surface area (Å²) >= 11 is 1.70. The van der Waals surface area contributed by atoms with Crippen LogP contribution in [0.1, 0.15) is 35.9 Å². The molecule has 1 aliphatic heterocycles. The van der Waals surface area contributed by atoms with Gasteiger partial charge in [-0.15, -0.1) is 11.3 Å². The number of aryl methyl sites for hydroxylation is 1. The average molecular weight is 259 g/mol. The molecule has 18 heavy (non-hydrogen) atoms. The predicted octanol–water partition coefficient (Wildman–Crippen LogP) is 4.00. The maximum Gasteiger partial charge on any atom is 0.136 e. The van der Waals surface area contributed by atoms with Gasteiger partial charge in [0.1, 0.15) is 11.1 Å². The van der Waals surface area contributed by atoms with Gasteiger partial charge >= 0.3 is 0 Å². The first-order valence-electron chi connectivity index (χ1n) is 6.52. The Kier molecular flexibility index (Phi) is 3.72. The number of nitrogens with zero attached hydrogens (tertiary/aromatic N) is 1. The summed E-state index contributed by atoms with van der Waals surface area (Å²) in [5.74, 6) is 0. The highest BCUT2D eigenvalue weighted by molar-refractivity contribution is 7.09. The SMILES string of the molecule is c1ccc(CCCCC2OC2c2nccs2)cc1. The first-order chi connectivity index (χ1) is 8.93. The fraction of sp³-hybridized carbons (Fsp3) is 0.400. The number of aromatic nitrogens is 1. The summed E-state index contributed by atoms with van der Waals surface area (Å²) in [6, 6.07) is 10.7. The van der Waals surface area contributed by atoms with Gasteiger partial charge in [0.15, 0.2) is 0 Å². The smallest absolute Gasteiger partial charge is 0.136 e. The van der Waals surface area contributed by atoms with E-state index in [2.05, 4.69) is 35.3 Å². The molecule has 0 N–H and O–H groups in total. The summed E-state index contributed by atoms with van der Waals surface area (Å²) in [6.07, 6.45) is 7.39. The summed E-state index contributed by atoms with van der Waals surface area (Å²) in [5.41, 5.74) is 1.44. The van der Waals surface area contributed by atoms with Crippen LogP contribution >= 0.6 is 11.3 Å². The van der Waals surface area contributed by atoms with Crippen molar-refractivity contribution < 1.29 is 4.74 Å². The lowest BCUT2D eigenvalue weighted by atomic mass is 10.1. The molecule has 2 heterocycles. The van der Waals surface area contributed by atoms with Gasteiger partial charge in [0.05, 0.1) is 6.10 Å². The fourth-order valence-electron chi connectivity index (χ4n) is 2.27. The molecule has 1 saturated heterocycles. The van der Waals surface area contributed by atoms with Gasteiger partial charge in [-0.1, -0.05) is 36.8 Å². The van der Waals surface area contributed by atoms with E-state index >= 15 is 0 Å². The lowest BCUT2D eigenvalue weighted by Gasteiger charge is -1.99. The van der Waals surface area contributed by atoms with E-state index in [-0.39, 0.29) is 0 Å². The van der Waals surface area contributed by atoms with E-state index in [9.17, 15) is 0 Å². The Morgan fingerprint density at radius 2 is 2.06 bits per heavy atom. The van der Waals surface area contributed by atoms with Crippen molar-refractivity contribution in [3.05, 3.63) is 52.5 Å². The molecule has 1 fully saturated rings. The van der Waals surface area contributed by atoms with Crippen LogP contribution in [0.4, 0.5) is 0 Å². The Bertz CT molecular complexity index is 469. The molecular formula is C15H17NOS. The van der Waals surface area contributed by atoms with E-state index in [0.29, 0.717) is 12.2 Å². The first kappa shape index (κ1) is 11.9. The van der Waals surface area contributed by atoms with E-state index in [4.69, 9.17) is 4.74 Å². The average Bonchev–Trinajstić information content (AvgIpc) is 2.98. The molecule has 3 rings (SSSR count). The van der Waals surface area contributed by atoms with Gasteiger partial charge in [0, 0.05) is 11.6 Å². The van der Waals surface area contributed by atoms with Crippen molar-refractivity contribution in [1.82, 2.24) is 4.98 Å². The molecule has 2 unspecified atom stereocenters. The lowest BCUT2D eigenvalue weighted by molar-refractivity contribution is 0.361. The molecule has 0 aliphatic carbocycles. The van der Waals surface area contributed by atoms with Gasteiger partial charge in [0.25, 0.3) is 0 Å². The highest BCUT2D eigenvalue weighted by Crippen LogP contribution is 2.42. The molecule has 3 heteroatoms. The molecule has 2 atom stereocenters. The van der Waals surface area contributed by atoms with E-state index in [0.717, 1.165) is 11.4 Å². The van der Waals surface area contributed by atoms with E-state index in [1.807, 2.05) is 11.6 Å². The standard InChI is InChI=1S/C15H17NOS/c1-2-6-12(7-3-1)8-4-5-9-13-14(17-13)15-16-10-11-18-15/h1-3,6-7,10-11,13-14H,4-5,8-9H2. The van der Waals surface area contributed by atoms with Crippen molar-refractivity contribution in [2.75, 3.05) is 0 Å². The monoisotopic (exact) mass is 259 g/mol. The molecular weight excluding hydrogens is 242 g/mol. The zero-order valence-electron chi connectivity index (χ0n) is 10.3.